The molecule has 1 saturated heterocycles. The summed E-state index contributed by atoms with van der Waals surface area (Å²) < 4.78 is 10.7. The van der Waals surface area contributed by atoms with Gasteiger partial charge in [-0.3, -0.25) is 14.5 Å². The van der Waals surface area contributed by atoms with Gasteiger partial charge in [-0.05, 0) is 35.4 Å². The van der Waals surface area contributed by atoms with E-state index in [2.05, 4.69) is 15.5 Å². The van der Waals surface area contributed by atoms with Gasteiger partial charge in [0.1, 0.15) is 5.75 Å². The number of morpholine rings is 1. The van der Waals surface area contributed by atoms with E-state index in [0.717, 1.165) is 30.0 Å². The molecule has 1 aliphatic heterocycles. The van der Waals surface area contributed by atoms with Gasteiger partial charge in [0.25, 0.3) is 0 Å². The Bertz CT molecular complexity index is 836. The van der Waals surface area contributed by atoms with Crippen molar-refractivity contribution in [2.45, 2.75) is 12.6 Å². The fraction of sp³-hybridized carbons (Fsp3) is 0.364. The second-order valence-corrected chi connectivity index (χ2v) is 7.39. The number of halogens is 1. The molecule has 2 aromatic rings. The smallest absolute Gasteiger partial charge is 0.309 e. The van der Waals surface area contributed by atoms with Gasteiger partial charge in [0.05, 0.1) is 26.4 Å². The van der Waals surface area contributed by atoms with E-state index in [1.165, 1.54) is 0 Å². The van der Waals surface area contributed by atoms with Crippen LogP contribution in [0.15, 0.2) is 48.5 Å². The highest BCUT2D eigenvalue weighted by molar-refractivity contribution is 6.35. The summed E-state index contributed by atoms with van der Waals surface area (Å²) in [6, 6.07) is 14.8. The molecule has 30 heavy (non-hydrogen) atoms. The van der Waals surface area contributed by atoms with Crippen molar-refractivity contribution in [3.63, 3.8) is 0 Å². The molecule has 2 amide bonds. The zero-order valence-electron chi connectivity index (χ0n) is 16.9. The molecule has 1 heterocycles. The number of ether oxygens (including phenoxy) is 2. The summed E-state index contributed by atoms with van der Waals surface area (Å²) >= 11 is 5.86. The second-order valence-electron chi connectivity index (χ2n) is 6.96. The van der Waals surface area contributed by atoms with Crippen molar-refractivity contribution in [3.8, 4) is 5.75 Å². The SMILES string of the molecule is COc1ccc([C@@H](CNC(=O)C(=O)NCc2ccc(Cl)cc2)N2CCOCC2)cc1. The molecule has 1 fully saturated rings. The Hall–Kier alpha value is -2.61. The third-order valence-electron chi connectivity index (χ3n) is 5.02. The van der Waals surface area contributed by atoms with Crippen LogP contribution in [0.5, 0.6) is 5.75 Å². The van der Waals surface area contributed by atoms with E-state index in [0.29, 0.717) is 24.8 Å². The summed E-state index contributed by atoms with van der Waals surface area (Å²) in [4.78, 5) is 26.8. The van der Waals surface area contributed by atoms with Crippen molar-refractivity contribution in [2.24, 2.45) is 0 Å². The minimum Gasteiger partial charge on any atom is -0.497 e. The van der Waals surface area contributed by atoms with Crippen molar-refractivity contribution in [1.82, 2.24) is 15.5 Å². The van der Waals surface area contributed by atoms with Gasteiger partial charge in [-0.15, -0.1) is 0 Å². The maximum Gasteiger partial charge on any atom is 0.309 e. The molecule has 0 aromatic heterocycles. The first-order valence-corrected chi connectivity index (χ1v) is 10.2. The Morgan fingerprint density at radius 1 is 1.03 bits per heavy atom. The van der Waals surface area contributed by atoms with Gasteiger partial charge >= 0.3 is 11.8 Å². The van der Waals surface area contributed by atoms with Crippen LogP contribution in [-0.4, -0.2) is 56.7 Å². The highest BCUT2D eigenvalue weighted by Crippen LogP contribution is 2.23. The topological polar surface area (TPSA) is 79.9 Å². The number of carbonyl (C=O) groups excluding carboxylic acids is 2. The molecule has 0 aliphatic carbocycles. The molecule has 3 rings (SSSR count). The summed E-state index contributed by atoms with van der Waals surface area (Å²) in [6.45, 7) is 3.38. The number of nitrogens with one attached hydrogen (secondary N) is 2. The maximum absolute atomic E-state index is 12.3. The average Bonchev–Trinajstić information content (AvgIpc) is 2.79. The quantitative estimate of drug-likeness (QED) is 0.657. The molecule has 0 radical (unpaired) electrons. The van der Waals surface area contributed by atoms with Crippen LogP contribution in [0.1, 0.15) is 17.2 Å². The van der Waals surface area contributed by atoms with Crippen LogP contribution in [0.2, 0.25) is 5.02 Å². The molecule has 0 bridgehead atoms. The van der Waals surface area contributed by atoms with Crippen molar-refractivity contribution in [2.75, 3.05) is 40.0 Å². The van der Waals surface area contributed by atoms with Gasteiger partial charge in [0, 0.05) is 31.2 Å². The van der Waals surface area contributed by atoms with Crippen LogP contribution >= 0.6 is 11.6 Å². The Balaban J connectivity index is 1.58. The predicted octanol–water partition coefficient (Wildman–Crippen LogP) is 2.15. The number of carbonyl (C=O) groups is 2. The van der Waals surface area contributed by atoms with Gasteiger partial charge in [-0.2, -0.15) is 0 Å². The maximum atomic E-state index is 12.3. The monoisotopic (exact) mass is 431 g/mol. The molecule has 160 valence electrons. The fourth-order valence-corrected chi connectivity index (χ4v) is 3.43. The van der Waals surface area contributed by atoms with E-state index >= 15 is 0 Å². The van der Waals surface area contributed by atoms with Crippen LogP contribution in [-0.2, 0) is 20.9 Å². The Labute approximate surface area is 181 Å². The summed E-state index contributed by atoms with van der Waals surface area (Å²) in [5.41, 5.74) is 1.91. The number of rotatable bonds is 7. The van der Waals surface area contributed by atoms with E-state index in [4.69, 9.17) is 21.1 Å². The van der Waals surface area contributed by atoms with Crippen LogP contribution in [0.3, 0.4) is 0 Å². The molecule has 0 unspecified atom stereocenters. The second kappa shape index (κ2) is 11.0. The van der Waals surface area contributed by atoms with Gasteiger partial charge in [-0.1, -0.05) is 35.9 Å². The van der Waals surface area contributed by atoms with Gasteiger partial charge in [0.2, 0.25) is 0 Å². The lowest BCUT2D eigenvalue weighted by Crippen LogP contribution is -2.46. The van der Waals surface area contributed by atoms with Crippen molar-refractivity contribution >= 4 is 23.4 Å². The third kappa shape index (κ3) is 6.19. The number of methoxy groups -OCH3 is 1. The minimum absolute atomic E-state index is 0.0622. The standard InChI is InChI=1S/C22H26ClN3O4/c1-29-19-8-4-17(5-9-19)20(26-10-12-30-13-11-26)15-25-22(28)21(27)24-14-16-2-6-18(23)7-3-16/h2-9,20H,10-15H2,1H3,(H,24,27)(H,25,28)/t20-/m1/s1. The molecule has 1 aliphatic rings. The zero-order valence-corrected chi connectivity index (χ0v) is 17.7. The number of hydrogen-bond donors (Lipinski definition) is 2. The molecule has 2 N–H and O–H groups in total. The lowest BCUT2D eigenvalue weighted by Gasteiger charge is -2.34. The summed E-state index contributed by atoms with van der Waals surface area (Å²) in [5.74, 6) is -0.554. The van der Waals surface area contributed by atoms with E-state index in [9.17, 15) is 9.59 Å². The molecule has 0 saturated carbocycles. The Kier molecular flexibility index (Phi) is 8.07. The molecular formula is C22H26ClN3O4. The molecule has 2 aromatic carbocycles. The summed E-state index contributed by atoms with van der Waals surface area (Å²) in [6.07, 6.45) is 0. The van der Waals surface area contributed by atoms with Crippen LogP contribution in [0, 0.1) is 0 Å². The zero-order chi connectivity index (χ0) is 21.3. The lowest BCUT2D eigenvalue weighted by atomic mass is 10.0. The summed E-state index contributed by atoms with van der Waals surface area (Å²) in [5, 5.41) is 6.02. The highest BCUT2D eigenvalue weighted by atomic mass is 35.5. The lowest BCUT2D eigenvalue weighted by molar-refractivity contribution is -0.139. The van der Waals surface area contributed by atoms with Crippen molar-refractivity contribution in [1.29, 1.82) is 0 Å². The molecular weight excluding hydrogens is 406 g/mol. The number of amides is 2. The first kappa shape index (κ1) is 22.1. The first-order valence-electron chi connectivity index (χ1n) is 9.83. The first-order chi connectivity index (χ1) is 14.6. The summed E-state index contributed by atoms with van der Waals surface area (Å²) in [7, 11) is 1.62. The number of hydrogen-bond acceptors (Lipinski definition) is 5. The minimum atomic E-state index is -0.666. The number of benzene rings is 2. The van der Waals surface area contributed by atoms with Crippen molar-refractivity contribution < 1.29 is 19.1 Å². The molecule has 0 spiro atoms. The van der Waals surface area contributed by atoms with Crippen LogP contribution in [0.25, 0.3) is 0 Å². The van der Waals surface area contributed by atoms with Gasteiger partial charge in [-0.25, -0.2) is 0 Å². The average molecular weight is 432 g/mol. The van der Waals surface area contributed by atoms with E-state index in [1.807, 2.05) is 24.3 Å². The van der Waals surface area contributed by atoms with Gasteiger partial charge in [0.15, 0.2) is 0 Å². The van der Waals surface area contributed by atoms with E-state index in [-0.39, 0.29) is 12.6 Å². The third-order valence-corrected chi connectivity index (χ3v) is 5.27. The van der Waals surface area contributed by atoms with Gasteiger partial charge < -0.3 is 20.1 Å². The molecule has 7 nitrogen and oxygen atoms in total. The molecule has 8 heteroatoms. The highest BCUT2D eigenvalue weighted by Gasteiger charge is 2.24. The van der Waals surface area contributed by atoms with E-state index < -0.39 is 11.8 Å². The Morgan fingerprint density at radius 2 is 1.67 bits per heavy atom. The van der Waals surface area contributed by atoms with E-state index in [1.54, 1.807) is 31.4 Å². The number of nitrogens with zero attached hydrogens (tertiary/aromatic N) is 1. The largest absolute Gasteiger partial charge is 0.497 e. The van der Waals surface area contributed by atoms with Crippen LogP contribution < -0.4 is 15.4 Å². The normalized spacial score (nSPS) is 15.3. The van der Waals surface area contributed by atoms with Crippen LogP contribution in [0.4, 0.5) is 0 Å². The fourth-order valence-electron chi connectivity index (χ4n) is 3.31. The Morgan fingerprint density at radius 3 is 2.30 bits per heavy atom. The van der Waals surface area contributed by atoms with Crippen molar-refractivity contribution in [3.05, 3.63) is 64.7 Å². The molecule has 1 atom stereocenters. The predicted molar refractivity (Wildman–Crippen MR) is 114 cm³/mol.